The Balaban J connectivity index is 2.25. The third-order valence-electron chi connectivity index (χ3n) is 3.29. The maximum Gasteiger partial charge on any atom is -0.0200 e. The van der Waals surface area contributed by atoms with E-state index in [-0.39, 0.29) is 0 Å². The molecule has 50 valence electrons. The van der Waals surface area contributed by atoms with E-state index in [1.165, 1.54) is 19.3 Å². The molecule has 0 nitrogen and oxygen atoms in total. The monoisotopic (exact) mass is 122 g/mol. The summed E-state index contributed by atoms with van der Waals surface area (Å²) in [6.07, 6.45) is 4.37. The predicted octanol–water partition coefficient (Wildman–Crippen LogP) is 2.61. The van der Waals surface area contributed by atoms with Crippen molar-refractivity contribution >= 4 is 0 Å². The molecule has 0 heteroatoms. The maximum atomic E-state index is 4.12. The average Bonchev–Trinajstić information content (AvgIpc) is 2.37. The molecule has 0 aromatic carbocycles. The molecule has 0 amide bonds. The zero-order chi connectivity index (χ0) is 6.43. The van der Waals surface area contributed by atoms with E-state index in [0.717, 1.165) is 17.8 Å². The lowest BCUT2D eigenvalue weighted by molar-refractivity contribution is 0.436. The molecule has 0 aromatic heterocycles. The molecule has 0 heterocycles. The van der Waals surface area contributed by atoms with Crippen LogP contribution >= 0.6 is 0 Å². The highest BCUT2D eigenvalue weighted by Crippen LogP contribution is 2.50. The van der Waals surface area contributed by atoms with E-state index >= 15 is 0 Å². The Bertz CT molecular complexity index is 142. The van der Waals surface area contributed by atoms with Gasteiger partial charge in [0.1, 0.15) is 0 Å². The van der Waals surface area contributed by atoms with Crippen LogP contribution in [0.4, 0.5) is 0 Å². The van der Waals surface area contributed by atoms with Gasteiger partial charge in [-0.2, -0.15) is 0 Å². The Morgan fingerprint density at radius 1 is 1.44 bits per heavy atom. The van der Waals surface area contributed by atoms with Crippen molar-refractivity contribution in [1.82, 2.24) is 0 Å². The molecule has 1 unspecified atom stereocenters. The molecule has 0 aromatic rings. The third-order valence-corrected chi connectivity index (χ3v) is 3.29. The van der Waals surface area contributed by atoms with Gasteiger partial charge in [0.15, 0.2) is 0 Å². The van der Waals surface area contributed by atoms with Gasteiger partial charge in [0.2, 0.25) is 0 Å². The summed E-state index contributed by atoms with van der Waals surface area (Å²) in [6.45, 7) is 6.46. The lowest BCUT2D eigenvalue weighted by Gasteiger charge is -2.19. The van der Waals surface area contributed by atoms with E-state index in [4.69, 9.17) is 0 Å². The van der Waals surface area contributed by atoms with E-state index in [0.29, 0.717) is 0 Å². The van der Waals surface area contributed by atoms with Crippen LogP contribution in [0.15, 0.2) is 12.2 Å². The molecule has 0 radical (unpaired) electrons. The van der Waals surface area contributed by atoms with Crippen molar-refractivity contribution in [3.63, 3.8) is 0 Å². The van der Waals surface area contributed by atoms with Gasteiger partial charge in [0.25, 0.3) is 0 Å². The van der Waals surface area contributed by atoms with Crippen molar-refractivity contribution in [2.24, 2.45) is 17.8 Å². The van der Waals surface area contributed by atoms with Crippen molar-refractivity contribution in [1.29, 1.82) is 0 Å². The molecule has 0 aliphatic heterocycles. The molecule has 2 bridgehead atoms. The van der Waals surface area contributed by atoms with E-state index in [9.17, 15) is 0 Å². The van der Waals surface area contributed by atoms with E-state index in [2.05, 4.69) is 13.5 Å². The number of hydrogen-bond acceptors (Lipinski definition) is 0. The molecular formula is C9H14. The quantitative estimate of drug-likeness (QED) is 0.433. The zero-order valence-electron chi connectivity index (χ0n) is 6.06. The maximum absolute atomic E-state index is 4.12. The van der Waals surface area contributed by atoms with Crippen molar-refractivity contribution < 1.29 is 0 Å². The highest BCUT2D eigenvalue weighted by Gasteiger charge is 2.39. The summed E-state index contributed by atoms with van der Waals surface area (Å²) in [5, 5.41) is 0. The minimum absolute atomic E-state index is 0.851. The first kappa shape index (κ1) is 5.52. The smallest absolute Gasteiger partial charge is 0.0200 e. The van der Waals surface area contributed by atoms with Gasteiger partial charge in [0, 0.05) is 0 Å². The van der Waals surface area contributed by atoms with Crippen molar-refractivity contribution in [3.8, 4) is 0 Å². The van der Waals surface area contributed by atoms with Crippen LogP contribution in [0.1, 0.15) is 26.2 Å². The Kier molecular flexibility index (Phi) is 0.992. The van der Waals surface area contributed by atoms with Gasteiger partial charge in [-0.25, -0.2) is 0 Å². The summed E-state index contributed by atoms with van der Waals surface area (Å²) in [5.41, 5.74) is 1.55. The Hall–Kier alpha value is -0.260. The first-order valence-electron chi connectivity index (χ1n) is 3.97. The lowest BCUT2D eigenvalue weighted by atomic mass is 9.87. The second-order valence-corrected chi connectivity index (χ2v) is 3.63. The highest BCUT2D eigenvalue weighted by atomic mass is 14.4. The number of allylic oxidation sites excluding steroid dienone is 1. The topological polar surface area (TPSA) is 0 Å². The first-order valence-corrected chi connectivity index (χ1v) is 3.97. The fourth-order valence-electron chi connectivity index (χ4n) is 2.48. The highest BCUT2D eigenvalue weighted by molar-refractivity contribution is 5.16. The van der Waals surface area contributed by atoms with Gasteiger partial charge in [0.05, 0.1) is 0 Å². The summed E-state index contributed by atoms with van der Waals surface area (Å²) in [6, 6.07) is 0. The van der Waals surface area contributed by atoms with Crippen LogP contribution in [0.3, 0.4) is 0 Å². The van der Waals surface area contributed by atoms with E-state index < -0.39 is 0 Å². The summed E-state index contributed by atoms with van der Waals surface area (Å²) in [4.78, 5) is 0. The van der Waals surface area contributed by atoms with E-state index in [1.54, 1.807) is 5.57 Å². The lowest BCUT2D eigenvalue weighted by Crippen LogP contribution is -2.08. The van der Waals surface area contributed by atoms with Gasteiger partial charge in [-0.15, -0.1) is 0 Å². The first-order chi connectivity index (χ1) is 4.29. The third kappa shape index (κ3) is 0.593. The van der Waals surface area contributed by atoms with Crippen LogP contribution in [0.25, 0.3) is 0 Å². The predicted molar refractivity (Wildman–Crippen MR) is 39.1 cm³/mol. The second kappa shape index (κ2) is 1.62. The summed E-state index contributed by atoms with van der Waals surface area (Å²) in [7, 11) is 0. The van der Waals surface area contributed by atoms with Gasteiger partial charge >= 0.3 is 0 Å². The molecular weight excluding hydrogens is 108 g/mol. The average molecular weight is 122 g/mol. The van der Waals surface area contributed by atoms with Gasteiger partial charge in [-0.1, -0.05) is 19.1 Å². The van der Waals surface area contributed by atoms with Crippen LogP contribution in [0, 0.1) is 17.8 Å². The molecule has 9 heavy (non-hydrogen) atoms. The normalized spacial score (nSPS) is 48.6. The SMILES string of the molecule is C=C1C2CC[C@H](C2)[C@@H]1C. The fourth-order valence-corrected chi connectivity index (χ4v) is 2.48. The van der Waals surface area contributed by atoms with Gasteiger partial charge < -0.3 is 0 Å². The van der Waals surface area contributed by atoms with E-state index in [1.807, 2.05) is 0 Å². The molecule has 2 fully saturated rings. The van der Waals surface area contributed by atoms with Crippen LogP contribution in [0.2, 0.25) is 0 Å². The van der Waals surface area contributed by atoms with Crippen LogP contribution in [0.5, 0.6) is 0 Å². The molecule has 0 spiro atoms. The molecule has 0 N–H and O–H groups in total. The minimum atomic E-state index is 0.851. The van der Waals surface area contributed by atoms with Crippen LogP contribution < -0.4 is 0 Å². The fraction of sp³-hybridized carbons (Fsp3) is 0.778. The van der Waals surface area contributed by atoms with Gasteiger partial charge in [-0.3, -0.25) is 0 Å². The summed E-state index contributed by atoms with van der Waals surface area (Å²) < 4.78 is 0. The molecule has 2 saturated carbocycles. The Labute approximate surface area is 57.0 Å². The van der Waals surface area contributed by atoms with Crippen molar-refractivity contribution in [2.45, 2.75) is 26.2 Å². The van der Waals surface area contributed by atoms with Gasteiger partial charge in [-0.05, 0) is 37.0 Å². The Morgan fingerprint density at radius 3 is 2.56 bits per heavy atom. The molecule has 2 aliphatic carbocycles. The van der Waals surface area contributed by atoms with Crippen LogP contribution in [-0.2, 0) is 0 Å². The zero-order valence-corrected chi connectivity index (χ0v) is 6.06. The largest absolute Gasteiger partial charge is 0.0993 e. The number of hydrogen-bond donors (Lipinski definition) is 0. The molecule has 2 aliphatic rings. The Morgan fingerprint density at radius 2 is 2.22 bits per heavy atom. The van der Waals surface area contributed by atoms with Crippen molar-refractivity contribution in [3.05, 3.63) is 12.2 Å². The van der Waals surface area contributed by atoms with Crippen molar-refractivity contribution in [2.75, 3.05) is 0 Å². The number of fused-ring (bicyclic) bond motifs is 2. The number of rotatable bonds is 0. The molecule has 0 saturated heterocycles. The standard InChI is InChI=1S/C9H14/c1-6-7(2)9-4-3-8(6)5-9/h7-9H,1,3-5H2,2H3/t7-,8?,9-/m1/s1. The summed E-state index contributed by atoms with van der Waals surface area (Å²) in [5.74, 6) is 2.79. The van der Waals surface area contributed by atoms with Crippen LogP contribution in [-0.4, -0.2) is 0 Å². The second-order valence-electron chi connectivity index (χ2n) is 3.63. The minimum Gasteiger partial charge on any atom is -0.0993 e. The summed E-state index contributed by atoms with van der Waals surface area (Å²) >= 11 is 0. The molecule has 3 atom stereocenters. The molecule has 2 rings (SSSR count).